The molecule has 0 aromatic carbocycles. The summed E-state index contributed by atoms with van der Waals surface area (Å²) in [7, 11) is 1.79. The quantitative estimate of drug-likeness (QED) is 0.694. The van der Waals surface area contributed by atoms with Crippen molar-refractivity contribution in [1.82, 2.24) is 25.0 Å². The van der Waals surface area contributed by atoms with Crippen molar-refractivity contribution in [2.24, 2.45) is 0 Å². The van der Waals surface area contributed by atoms with E-state index in [-0.39, 0.29) is 11.9 Å². The fourth-order valence-electron chi connectivity index (χ4n) is 1.65. The number of aromatic nitrogens is 3. The Kier molecular flexibility index (Phi) is 2.68. The fraction of sp³-hybridized carbons (Fsp3) is 0.667. The van der Waals surface area contributed by atoms with Crippen LogP contribution in [0.5, 0.6) is 0 Å². The molecule has 0 saturated carbocycles. The summed E-state index contributed by atoms with van der Waals surface area (Å²) in [6.45, 7) is 3.94. The van der Waals surface area contributed by atoms with Crippen LogP contribution in [-0.4, -0.2) is 45.2 Å². The topological polar surface area (TPSA) is 63.1 Å². The van der Waals surface area contributed by atoms with Gasteiger partial charge in [-0.05, 0) is 14.0 Å². The molecular weight excluding hydrogens is 194 g/mol. The minimum Gasteiger partial charge on any atom is -0.332 e. The maximum absolute atomic E-state index is 11.9. The zero-order valence-corrected chi connectivity index (χ0v) is 8.97. The molecule has 0 aliphatic carbocycles. The van der Waals surface area contributed by atoms with Crippen LogP contribution in [0.4, 0.5) is 0 Å². The van der Waals surface area contributed by atoms with Gasteiger partial charge < -0.3 is 14.8 Å². The average molecular weight is 209 g/mol. The molecule has 1 amide bonds. The number of likely N-dealkylation sites (N-methyl/N-ethyl adjacent to an activating group) is 1. The van der Waals surface area contributed by atoms with Gasteiger partial charge in [-0.2, -0.15) is 0 Å². The molecule has 0 bridgehead atoms. The van der Waals surface area contributed by atoms with Crippen molar-refractivity contribution < 1.29 is 4.79 Å². The summed E-state index contributed by atoms with van der Waals surface area (Å²) in [6.07, 6.45) is 1.71. The lowest BCUT2D eigenvalue weighted by Gasteiger charge is -2.29. The van der Waals surface area contributed by atoms with E-state index in [2.05, 4.69) is 15.5 Å². The molecule has 1 aliphatic heterocycles. The van der Waals surface area contributed by atoms with Crippen LogP contribution in [0.25, 0.3) is 0 Å². The van der Waals surface area contributed by atoms with Crippen molar-refractivity contribution in [3.8, 4) is 0 Å². The monoisotopic (exact) mass is 209 g/mol. The standard InChI is InChI=1S/C9H15N5O/c1-7(10-2)9(15)13-3-4-14-6-11-12-8(14)5-13/h6-7,10H,3-5H2,1-2H3. The van der Waals surface area contributed by atoms with Crippen molar-refractivity contribution in [2.75, 3.05) is 13.6 Å². The highest BCUT2D eigenvalue weighted by atomic mass is 16.2. The molecule has 1 atom stereocenters. The summed E-state index contributed by atoms with van der Waals surface area (Å²) in [5, 5.41) is 10.7. The summed E-state index contributed by atoms with van der Waals surface area (Å²) in [5.41, 5.74) is 0. The Bertz CT molecular complexity index is 361. The number of carbonyl (C=O) groups excluding carboxylic acids is 1. The Morgan fingerprint density at radius 1 is 1.60 bits per heavy atom. The van der Waals surface area contributed by atoms with Crippen LogP contribution >= 0.6 is 0 Å². The van der Waals surface area contributed by atoms with Crippen molar-refractivity contribution in [3.63, 3.8) is 0 Å². The van der Waals surface area contributed by atoms with Crippen molar-refractivity contribution in [1.29, 1.82) is 0 Å². The first-order chi connectivity index (χ1) is 7.22. The lowest BCUT2D eigenvalue weighted by Crippen LogP contribution is -2.46. The summed E-state index contributed by atoms with van der Waals surface area (Å²) in [4.78, 5) is 13.7. The third-order valence-electron chi connectivity index (χ3n) is 2.75. The van der Waals surface area contributed by atoms with E-state index in [1.807, 2.05) is 16.4 Å². The molecule has 1 unspecified atom stereocenters. The van der Waals surface area contributed by atoms with Crippen LogP contribution in [-0.2, 0) is 17.9 Å². The van der Waals surface area contributed by atoms with Gasteiger partial charge in [0.25, 0.3) is 0 Å². The molecule has 82 valence electrons. The number of fused-ring (bicyclic) bond motifs is 1. The first-order valence-electron chi connectivity index (χ1n) is 5.05. The second-order valence-corrected chi connectivity index (χ2v) is 3.71. The fourth-order valence-corrected chi connectivity index (χ4v) is 1.65. The first-order valence-corrected chi connectivity index (χ1v) is 5.05. The minimum atomic E-state index is -0.139. The maximum atomic E-state index is 11.9. The molecule has 15 heavy (non-hydrogen) atoms. The van der Waals surface area contributed by atoms with Gasteiger partial charge in [-0.3, -0.25) is 4.79 Å². The molecule has 0 fully saturated rings. The van der Waals surface area contributed by atoms with Crippen LogP contribution in [0.3, 0.4) is 0 Å². The molecule has 2 heterocycles. The number of amides is 1. The highest BCUT2D eigenvalue weighted by molar-refractivity contribution is 5.81. The predicted molar refractivity (Wildman–Crippen MR) is 54.0 cm³/mol. The van der Waals surface area contributed by atoms with Crippen LogP contribution < -0.4 is 5.32 Å². The van der Waals surface area contributed by atoms with Crippen LogP contribution in [0, 0.1) is 0 Å². The predicted octanol–water partition coefficient (Wildman–Crippen LogP) is -0.772. The second kappa shape index (κ2) is 3.98. The van der Waals surface area contributed by atoms with E-state index < -0.39 is 0 Å². The molecule has 1 aliphatic rings. The van der Waals surface area contributed by atoms with Gasteiger partial charge in [0, 0.05) is 13.1 Å². The van der Waals surface area contributed by atoms with Gasteiger partial charge in [0.05, 0.1) is 12.6 Å². The van der Waals surface area contributed by atoms with E-state index >= 15 is 0 Å². The Balaban J connectivity index is 2.06. The van der Waals surface area contributed by atoms with Gasteiger partial charge in [-0.1, -0.05) is 0 Å². The smallest absolute Gasteiger partial charge is 0.239 e. The minimum absolute atomic E-state index is 0.117. The second-order valence-electron chi connectivity index (χ2n) is 3.71. The van der Waals surface area contributed by atoms with E-state index in [4.69, 9.17) is 0 Å². The molecular formula is C9H15N5O. The molecule has 0 spiro atoms. The third-order valence-corrected chi connectivity index (χ3v) is 2.75. The van der Waals surface area contributed by atoms with Gasteiger partial charge in [-0.15, -0.1) is 10.2 Å². The zero-order valence-electron chi connectivity index (χ0n) is 8.97. The van der Waals surface area contributed by atoms with Gasteiger partial charge >= 0.3 is 0 Å². The van der Waals surface area contributed by atoms with E-state index in [1.165, 1.54) is 0 Å². The van der Waals surface area contributed by atoms with E-state index in [0.717, 1.165) is 18.9 Å². The zero-order chi connectivity index (χ0) is 10.8. The third kappa shape index (κ3) is 1.85. The average Bonchev–Trinajstić information content (AvgIpc) is 2.73. The number of nitrogens with one attached hydrogen (secondary N) is 1. The molecule has 1 aromatic heterocycles. The van der Waals surface area contributed by atoms with E-state index in [9.17, 15) is 4.79 Å². The largest absolute Gasteiger partial charge is 0.332 e. The maximum Gasteiger partial charge on any atom is 0.239 e. The van der Waals surface area contributed by atoms with Crippen LogP contribution in [0.2, 0.25) is 0 Å². The summed E-state index contributed by atoms with van der Waals surface area (Å²) < 4.78 is 1.98. The normalized spacial score (nSPS) is 17.3. The highest BCUT2D eigenvalue weighted by Gasteiger charge is 2.24. The SMILES string of the molecule is CNC(C)C(=O)N1CCn2cnnc2C1. The van der Waals surface area contributed by atoms with Crippen LogP contribution in [0.15, 0.2) is 6.33 Å². The molecule has 1 N–H and O–H groups in total. The first kappa shape index (κ1) is 10.1. The highest BCUT2D eigenvalue weighted by Crippen LogP contribution is 2.09. The van der Waals surface area contributed by atoms with Gasteiger partial charge in [0.15, 0.2) is 5.82 Å². The number of rotatable bonds is 2. The van der Waals surface area contributed by atoms with Gasteiger partial charge in [0.1, 0.15) is 6.33 Å². The summed E-state index contributed by atoms with van der Waals surface area (Å²) in [6, 6.07) is -0.139. The van der Waals surface area contributed by atoms with Crippen molar-refractivity contribution in [3.05, 3.63) is 12.2 Å². The summed E-state index contributed by atoms with van der Waals surface area (Å²) in [5.74, 6) is 0.977. The Labute approximate surface area is 88.3 Å². The number of hydrogen-bond donors (Lipinski definition) is 1. The van der Waals surface area contributed by atoms with Crippen molar-refractivity contribution in [2.45, 2.75) is 26.1 Å². The van der Waals surface area contributed by atoms with Crippen molar-refractivity contribution >= 4 is 5.91 Å². The Morgan fingerprint density at radius 3 is 3.13 bits per heavy atom. The van der Waals surface area contributed by atoms with Gasteiger partial charge in [0.2, 0.25) is 5.91 Å². The lowest BCUT2D eigenvalue weighted by molar-refractivity contribution is -0.134. The van der Waals surface area contributed by atoms with E-state index in [1.54, 1.807) is 13.4 Å². The lowest BCUT2D eigenvalue weighted by atomic mass is 10.2. The molecule has 1 aromatic rings. The number of nitrogens with zero attached hydrogens (tertiary/aromatic N) is 4. The number of carbonyl (C=O) groups is 1. The molecule has 2 rings (SSSR count). The van der Waals surface area contributed by atoms with Crippen LogP contribution in [0.1, 0.15) is 12.7 Å². The molecule has 0 saturated heterocycles. The Hall–Kier alpha value is -1.43. The summed E-state index contributed by atoms with van der Waals surface area (Å²) >= 11 is 0. The molecule has 6 nitrogen and oxygen atoms in total. The van der Waals surface area contributed by atoms with E-state index in [0.29, 0.717) is 6.54 Å². The number of hydrogen-bond acceptors (Lipinski definition) is 4. The van der Waals surface area contributed by atoms with Gasteiger partial charge in [-0.25, -0.2) is 0 Å². The molecule has 0 radical (unpaired) electrons. The molecule has 6 heteroatoms. The Morgan fingerprint density at radius 2 is 2.40 bits per heavy atom.